The molecule has 0 saturated carbocycles. The summed E-state index contributed by atoms with van der Waals surface area (Å²) in [6.45, 7) is 3.26. The summed E-state index contributed by atoms with van der Waals surface area (Å²) in [4.78, 5) is 0. The van der Waals surface area contributed by atoms with Gasteiger partial charge in [0.1, 0.15) is 11.5 Å². The molecule has 2 aromatic rings. The maximum absolute atomic E-state index is 6.38. The van der Waals surface area contributed by atoms with Gasteiger partial charge in [-0.1, -0.05) is 61.5 Å². The lowest BCUT2D eigenvalue weighted by Gasteiger charge is -2.14. The molecule has 0 amide bonds. The molecule has 0 aromatic heterocycles. The Balaban J connectivity index is 1.94. The van der Waals surface area contributed by atoms with E-state index in [1.165, 1.54) is 25.7 Å². The molecule has 24 heavy (non-hydrogen) atoms. The first-order chi connectivity index (χ1) is 11.8. The number of rotatable bonds is 11. The van der Waals surface area contributed by atoms with Crippen molar-refractivity contribution in [1.29, 1.82) is 0 Å². The van der Waals surface area contributed by atoms with Gasteiger partial charge in [-0.05, 0) is 19.8 Å². The van der Waals surface area contributed by atoms with Crippen LogP contribution in [0.25, 0.3) is 10.8 Å². The average molecular weight is 369 g/mol. The summed E-state index contributed by atoms with van der Waals surface area (Å²) in [6.07, 6.45) is 7.08. The molecule has 0 atom stereocenters. The van der Waals surface area contributed by atoms with Gasteiger partial charge in [0.25, 0.3) is 0 Å². The minimum Gasteiger partial charge on any atom is -0.493 e. The first kappa shape index (κ1) is 19.2. The van der Waals surface area contributed by atoms with Gasteiger partial charge in [0.15, 0.2) is 0 Å². The summed E-state index contributed by atoms with van der Waals surface area (Å²) >= 11 is 12.1. The number of fused-ring (bicyclic) bond motifs is 1. The highest BCUT2D eigenvalue weighted by Gasteiger charge is 2.12. The van der Waals surface area contributed by atoms with E-state index in [-0.39, 0.29) is 0 Å². The van der Waals surface area contributed by atoms with Gasteiger partial charge in [-0.25, -0.2) is 0 Å². The van der Waals surface area contributed by atoms with Crippen molar-refractivity contribution in [1.82, 2.24) is 0 Å². The third kappa shape index (κ3) is 5.46. The number of unbranched alkanes of at least 4 members (excludes halogenated alkanes) is 5. The molecule has 0 aliphatic carbocycles. The molecule has 2 rings (SSSR count). The first-order valence-corrected chi connectivity index (χ1v) is 9.72. The Morgan fingerprint density at radius 3 is 2.25 bits per heavy atom. The van der Waals surface area contributed by atoms with Crippen LogP contribution < -0.4 is 9.47 Å². The molecule has 0 aliphatic heterocycles. The number of ether oxygens (including phenoxy) is 2. The van der Waals surface area contributed by atoms with Crippen molar-refractivity contribution in [2.24, 2.45) is 0 Å². The Morgan fingerprint density at radius 2 is 1.54 bits per heavy atom. The summed E-state index contributed by atoms with van der Waals surface area (Å²) in [5, 5.41) is 2.65. The molecule has 0 saturated heterocycles. The Labute approximate surface area is 155 Å². The second kappa shape index (κ2) is 10.7. The standard InChI is InChI=1S/C20H26Cl2O2/c1-2-23-20-17-12-8-7-11-16(17)19(15-18(20)22)24-14-10-6-4-3-5-9-13-21/h7-8,11-12,15H,2-6,9-10,13-14H2,1H3. The second-order valence-electron chi connectivity index (χ2n) is 5.82. The fraction of sp³-hybridized carbons (Fsp3) is 0.500. The zero-order valence-electron chi connectivity index (χ0n) is 14.3. The van der Waals surface area contributed by atoms with Gasteiger partial charge in [0, 0.05) is 22.7 Å². The van der Waals surface area contributed by atoms with E-state index in [9.17, 15) is 0 Å². The van der Waals surface area contributed by atoms with E-state index in [0.717, 1.165) is 41.0 Å². The predicted octanol–water partition coefficient (Wildman–Crippen LogP) is 6.85. The maximum Gasteiger partial charge on any atom is 0.145 e. The van der Waals surface area contributed by atoms with E-state index in [4.69, 9.17) is 32.7 Å². The van der Waals surface area contributed by atoms with E-state index in [1.807, 2.05) is 31.2 Å². The monoisotopic (exact) mass is 368 g/mol. The van der Waals surface area contributed by atoms with Gasteiger partial charge < -0.3 is 9.47 Å². The molecule has 0 fully saturated rings. The number of alkyl halides is 1. The van der Waals surface area contributed by atoms with Crippen LogP contribution in [0.5, 0.6) is 11.5 Å². The van der Waals surface area contributed by atoms with Crippen molar-refractivity contribution in [3.63, 3.8) is 0 Å². The fourth-order valence-corrected chi connectivity index (χ4v) is 3.22. The van der Waals surface area contributed by atoms with E-state index in [1.54, 1.807) is 0 Å². The van der Waals surface area contributed by atoms with Crippen molar-refractivity contribution in [2.45, 2.75) is 45.4 Å². The van der Waals surface area contributed by atoms with Crippen molar-refractivity contribution >= 4 is 34.0 Å². The molecule has 2 nitrogen and oxygen atoms in total. The summed E-state index contributed by atoms with van der Waals surface area (Å²) in [5.41, 5.74) is 0. The molecule has 0 spiro atoms. The number of halogens is 2. The molecular weight excluding hydrogens is 343 g/mol. The zero-order valence-corrected chi connectivity index (χ0v) is 15.8. The van der Waals surface area contributed by atoms with Crippen molar-refractivity contribution < 1.29 is 9.47 Å². The third-order valence-electron chi connectivity index (χ3n) is 3.99. The summed E-state index contributed by atoms with van der Waals surface area (Å²) in [5.74, 6) is 2.34. The molecule has 2 aromatic carbocycles. The first-order valence-electron chi connectivity index (χ1n) is 8.80. The largest absolute Gasteiger partial charge is 0.493 e. The zero-order chi connectivity index (χ0) is 17.2. The molecule has 0 heterocycles. The van der Waals surface area contributed by atoms with Crippen molar-refractivity contribution in [3.8, 4) is 11.5 Å². The quantitative estimate of drug-likeness (QED) is 0.318. The average Bonchev–Trinajstić information content (AvgIpc) is 2.60. The molecular formula is C20H26Cl2O2. The van der Waals surface area contributed by atoms with Crippen LogP contribution in [0, 0.1) is 0 Å². The normalized spacial score (nSPS) is 11.0. The summed E-state index contributed by atoms with van der Waals surface area (Å²) in [7, 11) is 0. The summed E-state index contributed by atoms with van der Waals surface area (Å²) < 4.78 is 11.7. The molecule has 0 N–H and O–H groups in total. The smallest absolute Gasteiger partial charge is 0.145 e. The van der Waals surface area contributed by atoms with Crippen molar-refractivity contribution in [3.05, 3.63) is 35.4 Å². The van der Waals surface area contributed by atoms with Gasteiger partial charge >= 0.3 is 0 Å². The highest BCUT2D eigenvalue weighted by molar-refractivity contribution is 6.33. The molecule has 0 aliphatic rings. The Kier molecular flexibility index (Phi) is 8.55. The molecule has 0 radical (unpaired) electrons. The van der Waals surface area contributed by atoms with Gasteiger partial charge in [-0.15, -0.1) is 11.6 Å². The Bertz CT molecular complexity index is 628. The highest BCUT2D eigenvalue weighted by atomic mass is 35.5. The van der Waals surface area contributed by atoms with E-state index >= 15 is 0 Å². The van der Waals surface area contributed by atoms with E-state index in [2.05, 4.69) is 6.07 Å². The highest BCUT2D eigenvalue weighted by Crippen LogP contribution is 2.39. The lowest BCUT2D eigenvalue weighted by atomic mass is 10.1. The van der Waals surface area contributed by atoms with Crippen LogP contribution in [-0.4, -0.2) is 19.1 Å². The van der Waals surface area contributed by atoms with Crippen LogP contribution >= 0.6 is 23.2 Å². The van der Waals surface area contributed by atoms with Crippen LogP contribution in [0.2, 0.25) is 5.02 Å². The van der Waals surface area contributed by atoms with Gasteiger partial charge in [-0.3, -0.25) is 0 Å². The number of hydrogen-bond acceptors (Lipinski definition) is 2. The lowest BCUT2D eigenvalue weighted by molar-refractivity contribution is 0.306. The molecule has 4 heteroatoms. The molecule has 0 bridgehead atoms. The van der Waals surface area contributed by atoms with Crippen LogP contribution in [0.4, 0.5) is 0 Å². The topological polar surface area (TPSA) is 18.5 Å². The van der Waals surface area contributed by atoms with Crippen LogP contribution in [0.1, 0.15) is 45.4 Å². The lowest BCUT2D eigenvalue weighted by Crippen LogP contribution is -2.00. The molecule has 132 valence electrons. The third-order valence-corrected chi connectivity index (χ3v) is 4.53. The SMILES string of the molecule is CCOc1c(Cl)cc(OCCCCCCCCCl)c2ccccc12. The predicted molar refractivity (Wildman–Crippen MR) is 104 cm³/mol. The minimum atomic E-state index is 0.591. The van der Waals surface area contributed by atoms with Gasteiger partial charge in [0.05, 0.1) is 18.2 Å². The number of hydrogen-bond donors (Lipinski definition) is 0. The van der Waals surface area contributed by atoms with Gasteiger partial charge in [0.2, 0.25) is 0 Å². The van der Waals surface area contributed by atoms with E-state index < -0.39 is 0 Å². The van der Waals surface area contributed by atoms with E-state index in [0.29, 0.717) is 18.2 Å². The summed E-state index contributed by atoms with van der Waals surface area (Å²) in [6, 6.07) is 9.95. The van der Waals surface area contributed by atoms with Crippen molar-refractivity contribution in [2.75, 3.05) is 19.1 Å². The van der Waals surface area contributed by atoms with Crippen LogP contribution in [0.3, 0.4) is 0 Å². The van der Waals surface area contributed by atoms with Crippen LogP contribution in [-0.2, 0) is 0 Å². The minimum absolute atomic E-state index is 0.591. The molecule has 0 unspecified atom stereocenters. The Hall–Kier alpha value is -1.12. The fourth-order valence-electron chi connectivity index (χ4n) is 2.78. The maximum atomic E-state index is 6.38. The van der Waals surface area contributed by atoms with Gasteiger partial charge in [-0.2, -0.15) is 0 Å². The number of benzene rings is 2. The van der Waals surface area contributed by atoms with Crippen LogP contribution in [0.15, 0.2) is 30.3 Å². The second-order valence-corrected chi connectivity index (χ2v) is 6.61. The Morgan fingerprint density at radius 1 is 0.875 bits per heavy atom.